The Labute approximate surface area is 307 Å². The fourth-order valence-corrected chi connectivity index (χ4v) is 7.76. The first-order valence-electron chi connectivity index (χ1n) is 15.3. The molecule has 0 radical (unpaired) electrons. The molecule has 0 fully saturated rings. The minimum absolute atomic E-state index is 0.0552. The molecule has 1 aliphatic rings. The van der Waals surface area contributed by atoms with Crippen LogP contribution < -0.4 is 16.0 Å². The molecule has 2 heterocycles. The highest BCUT2D eigenvalue weighted by Gasteiger charge is 2.31. The van der Waals surface area contributed by atoms with E-state index >= 15 is 0 Å². The van der Waals surface area contributed by atoms with Crippen molar-refractivity contribution in [3.05, 3.63) is 116 Å². The van der Waals surface area contributed by atoms with Crippen molar-refractivity contribution < 1.29 is 28.7 Å². The van der Waals surface area contributed by atoms with Crippen LogP contribution in [-0.4, -0.2) is 53.4 Å². The lowest BCUT2D eigenvalue weighted by Gasteiger charge is -2.25. The number of thioether (sulfide) groups is 1. The number of esters is 1. The molecule has 0 aliphatic carbocycles. The van der Waals surface area contributed by atoms with Gasteiger partial charge < -0.3 is 25.6 Å². The Kier molecular flexibility index (Phi) is 12.0. The van der Waals surface area contributed by atoms with Crippen molar-refractivity contribution in [1.82, 2.24) is 10.2 Å². The number of rotatable bonds is 10. The maximum Gasteiger partial charge on any atom is 0.341 e. The van der Waals surface area contributed by atoms with Gasteiger partial charge >= 0.3 is 5.97 Å². The molecule has 3 N–H and O–H groups in total. The minimum Gasteiger partial charge on any atom is -0.465 e. The molecule has 5 rings (SSSR count). The molecule has 1 unspecified atom stereocenters. The Morgan fingerprint density at radius 1 is 0.980 bits per heavy atom. The molecule has 14 heteroatoms. The molecule has 4 aromatic rings. The van der Waals surface area contributed by atoms with Gasteiger partial charge in [0.25, 0.3) is 11.8 Å². The van der Waals surface area contributed by atoms with Crippen molar-refractivity contribution in [2.45, 2.75) is 37.0 Å². The van der Waals surface area contributed by atoms with Gasteiger partial charge in [-0.2, -0.15) is 0 Å². The fourth-order valence-electron chi connectivity index (χ4n) is 5.11. The second-order valence-corrected chi connectivity index (χ2v) is 14.5. The van der Waals surface area contributed by atoms with E-state index in [1.807, 2.05) is 0 Å². The molecule has 258 valence electrons. The predicted molar refractivity (Wildman–Crippen MR) is 198 cm³/mol. The van der Waals surface area contributed by atoms with Crippen molar-refractivity contribution in [3.63, 3.8) is 0 Å². The van der Waals surface area contributed by atoms with Crippen LogP contribution in [0.4, 0.5) is 10.7 Å². The highest BCUT2D eigenvalue weighted by atomic mass is 35.5. The SMILES string of the molecule is COC(=O)c1c(NC(=O)C(C)Sc2cccc(NC(=O)/C(=C\c3ccc(Cl)cc3Cl)NC(=O)c3ccccc3)c2)sc2c1CCN(C(C)=O)C2. The van der Waals surface area contributed by atoms with E-state index in [2.05, 4.69) is 16.0 Å². The summed E-state index contributed by atoms with van der Waals surface area (Å²) < 4.78 is 5.02. The van der Waals surface area contributed by atoms with E-state index in [-0.39, 0.29) is 17.5 Å². The highest BCUT2D eigenvalue weighted by molar-refractivity contribution is 8.00. The van der Waals surface area contributed by atoms with Crippen LogP contribution in [0.15, 0.2) is 83.4 Å². The molecule has 0 saturated carbocycles. The summed E-state index contributed by atoms with van der Waals surface area (Å²) in [5.74, 6) is -2.05. The molecule has 1 aliphatic heterocycles. The van der Waals surface area contributed by atoms with Crippen LogP contribution in [0.5, 0.6) is 0 Å². The van der Waals surface area contributed by atoms with Crippen LogP contribution in [-0.2, 0) is 32.1 Å². The van der Waals surface area contributed by atoms with Gasteiger partial charge in [-0.25, -0.2) is 4.79 Å². The van der Waals surface area contributed by atoms with Crippen LogP contribution in [0, 0.1) is 0 Å². The molecule has 4 amide bonds. The van der Waals surface area contributed by atoms with E-state index in [1.54, 1.807) is 78.6 Å². The van der Waals surface area contributed by atoms with Crippen LogP contribution in [0.3, 0.4) is 0 Å². The third-order valence-electron chi connectivity index (χ3n) is 7.69. The van der Waals surface area contributed by atoms with Gasteiger partial charge in [0.1, 0.15) is 10.7 Å². The Morgan fingerprint density at radius 3 is 2.44 bits per heavy atom. The van der Waals surface area contributed by atoms with Crippen molar-refractivity contribution in [3.8, 4) is 0 Å². The molecule has 0 saturated heterocycles. The number of thiophene rings is 1. The highest BCUT2D eigenvalue weighted by Crippen LogP contribution is 2.38. The first-order valence-corrected chi connectivity index (χ1v) is 17.8. The molecule has 1 atom stereocenters. The average Bonchev–Trinajstić information content (AvgIpc) is 3.46. The minimum atomic E-state index is -0.605. The zero-order chi connectivity index (χ0) is 35.9. The van der Waals surface area contributed by atoms with Crippen molar-refractivity contribution in [1.29, 1.82) is 0 Å². The Bertz CT molecular complexity index is 2000. The number of benzene rings is 3. The number of hydrogen-bond donors (Lipinski definition) is 3. The lowest BCUT2D eigenvalue weighted by atomic mass is 10.0. The zero-order valence-corrected chi connectivity index (χ0v) is 30.3. The first kappa shape index (κ1) is 36.7. The summed E-state index contributed by atoms with van der Waals surface area (Å²) in [4.78, 5) is 67.9. The van der Waals surface area contributed by atoms with Crippen LogP contribution in [0.1, 0.15) is 50.6 Å². The number of halogens is 2. The van der Waals surface area contributed by atoms with E-state index in [4.69, 9.17) is 27.9 Å². The number of nitrogens with one attached hydrogen (secondary N) is 3. The van der Waals surface area contributed by atoms with Gasteiger partial charge in [-0.3, -0.25) is 19.2 Å². The predicted octanol–water partition coefficient (Wildman–Crippen LogP) is 7.28. The van der Waals surface area contributed by atoms with Gasteiger partial charge in [0, 0.05) is 44.5 Å². The van der Waals surface area contributed by atoms with E-state index in [9.17, 15) is 24.0 Å². The van der Waals surface area contributed by atoms with Gasteiger partial charge in [0.05, 0.1) is 24.5 Å². The Balaban J connectivity index is 1.31. The van der Waals surface area contributed by atoms with E-state index in [0.29, 0.717) is 61.8 Å². The van der Waals surface area contributed by atoms with Crippen molar-refractivity contribution in [2.75, 3.05) is 24.3 Å². The van der Waals surface area contributed by atoms with Crippen LogP contribution in [0.2, 0.25) is 10.0 Å². The molecular formula is C36H32Cl2N4O6S2. The Morgan fingerprint density at radius 2 is 1.74 bits per heavy atom. The number of carbonyl (C=O) groups excluding carboxylic acids is 5. The fraction of sp³-hybridized carbons (Fsp3) is 0.194. The van der Waals surface area contributed by atoms with E-state index in [0.717, 1.165) is 10.4 Å². The maximum atomic E-state index is 13.6. The smallest absolute Gasteiger partial charge is 0.341 e. The van der Waals surface area contributed by atoms with Crippen LogP contribution in [0.25, 0.3) is 6.08 Å². The van der Waals surface area contributed by atoms with E-state index < -0.39 is 23.0 Å². The second-order valence-electron chi connectivity index (χ2n) is 11.2. The average molecular weight is 752 g/mol. The van der Waals surface area contributed by atoms with Gasteiger partial charge in [-0.05, 0) is 73.0 Å². The lowest BCUT2D eigenvalue weighted by Crippen LogP contribution is -2.33. The molecule has 1 aromatic heterocycles. The molecule has 50 heavy (non-hydrogen) atoms. The third kappa shape index (κ3) is 8.94. The summed E-state index contributed by atoms with van der Waals surface area (Å²) in [5.41, 5.74) is 2.29. The van der Waals surface area contributed by atoms with Gasteiger partial charge in [-0.1, -0.05) is 53.5 Å². The topological polar surface area (TPSA) is 134 Å². The van der Waals surface area contributed by atoms with Crippen molar-refractivity contribution in [2.24, 2.45) is 0 Å². The van der Waals surface area contributed by atoms with Crippen LogP contribution >= 0.6 is 46.3 Å². The monoisotopic (exact) mass is 750 g/mol. The zero-order valence-electron chi connectivity index (χ0n) is 27.2. The molecular weight excluding hydrogens is 719 g/mol. The number of ether oxygens (including phenoxy) is 1. The molecule has 0 bridgehead atoms. The maximum absolute atomic E-state index is 13.6. The first-order chi connectivity index (χ1) is 23.9. The summed E-state index contributed by atoms with van der Waals surface area (Å²) >= 11 is 14.9. The standard InChI is InChI=1S/C36H32Cl2N4O6S2/c1-20(32(44)41-35-31(36(47)48-3)27-14-15-42(21(2)43)19-30(27)50-35)49-26-11-7-10-25(18-26)39-34(46)29(16-23-12-13-24(37)17-28(23)38)40-33(45)22-8-5-4-6-9-22/h4-13,16-18,20H,14-15,19H2,1-3H3,(H,39,46)(H,40,45)(H,41,44)/b29-16+. The number of amides is 4. The Hall–Kier alpha value is -4.62. The summed E-state index contributed by atoms with van der Waals surface area (Å²) in [6.07, 6.45) is 1.94. The summed E-state index contributed by atoms with van der Waals surface area (Å²) in [5, 5.41) is 8.87. The summed E-state index contributed by atoms with van der Waals surface area (Å²) in [6.45, 7) is 4.06. The number of anilines is 2. The summed E-state index contributed by atoms with van der Waals surface area (Å²) in [7, 11) is 1.29. The molecule has 0 spiro atoms. The molecule has 3 aromatic carbocycles. The number of fused-ring (bicyclic) bond motifs is 1. The van der Waals surface area contributed by atoms with Gasteiger partial charge in [0.15, 0.2) is 0 Å². The molecule has 10 nitrogen and oxygen atoms in total. The number of hydrogen-bond acceptors (Lipinski definition) is 8. The lowest BCUT2D eigenvalue weighted by molar-refractivity contribution is -0.129. The van der Waals surface area contributed by atoms with Gasteiger partial charge in [-0.15, -0.1) is 23.1 Å². The quantitative estimate of drug-likeness (QED) is 0.0882. The number of nitrogens with zero attached hydrogens (tertiary/aromatic N) is 1. The third-order valence-corrected chi connectivity index (χ3v) is 10.5. The van der Waals surface area contributed by atoms with E-state index in [1.165, 1.54) is 49.3 Å². The normalized spacial score (nSPS) is 13.1. The largest absolute Gasteiger partial charge is 0.465 e. The number of carbonyl (C=O) groups is 5. The van der Waals surface area contributed by atoms with Crippen molar-refractivity contribution >= 4 is 92.7 Å². The van der Waals surface area contributed by atoms with Gasteiger partial charge in [0.2, 0.25) is 11.8 Å². The second kappa shape index (κ2) is 16.4. The summed E-state index contributed by atoms with van der Waals surface area (Å²) in [6, 6.07) is 20.2. The number of methoxy groups -OCH3 is 1.